The highest BCUT2D eigenvalue weighted by molar-refractivity contribution is 5.98. The maximum Gasteiger partial charge on any atom is 0.285 e. The molecule has 9 nitrogen and oxygen atoms in total. The van der Waals surface area contributed by atoms with Crippen LogP contribution in [0.15, 0.2) is 24.4 Å². The summed E-state index contributed by atoms with van der Waals surface area (Å²) in [6, 6.07) is 4.74. The molecule has 1 aromatic heterocycles. The van der Waals surface area contributed by atoms with Gasteiger partial charge in [-0.1, -0.05) is 12.1 Å². The quantitative estimate of drug-likeness (QED) is 0.570. The van der Waals surface area contributed by atoms with Gasteiger partial charge in [0.25, 0.3) is 17.5 Å². The lowest BCUT2D eigenvalue weighted by Gasteiger charge is -2.24. The molecule has 29 heavy (non-hydrogen) atoms. The minimum Gasteiger partial charge on any atom is -0.352 e. The first-order chi connectivity index (χ1) is 13.8. The third kappa shape index (κ3) is 4.44. The molecule has 2 aromatic rings. The molecule has 2 heterocycles. The number of carbonyl (C=O) groups is 2. The summed E-state index contributed by atoms with van der Waals surface area (Å²) in [7, 11) is 0. The van der Waals surface area contributed by atoms with Gasteiger partial charge >= 0.3 is 0 Å². The van der Waals surface area contributed by atoms with Crippen LogP contribution >= 0.6 is 0 Å². The van der Waals surface area contributed by atoms with Gasteiger partial charge < -0.3 is 10.6 Å². The predicted molar refractivity (Wildman–Crippen MR) is 107 cm³/mol. The Kier molecular flexibility index (Phi) is 5.95. The Bertz CT molecular complexity index is 950. The van der Waals surface area contributed by atoms with Gasteiger partial charge in [0.05, 0.1) is 22.4 Å². The van der Waals surface area contributed by atoms with Crippen molar-refractivity contribution in [3.63, 3.8) is 0 Å². The van der Waals surface area contributed by atoms with Crippen molar-refractivity contribution in [2.45, 2.75) is 46.2 Å². The second-order valence-corrected chi connectivity index (χ2v) is 7.65. The fraction of sp³-hybridized carbons (Fsp3) is 0.450. The molecule has 0 unspecified atom stereocenters. The number of benzene rings is 1. The molecule has 2 N–H and O–H groups in total. The van der Waals surface area contributed by atoms with Crippen LogP contribution in [0.1, 0.15) is 52.2 Å². The van der Waals surface area contributed by atoms with Crippen molar-refractivity contribution >= 4 is 17.5 Å². The molecule has 0 bridgehead atoms. The smallest absolute Gasteiger partial charge is 0.285 e. The Morgan fingerprint density at radius 2 is 2.07 bits per heavy atom. The van der Waals surface area contributed by atoms with Crippen molar-refractivity contribution in [2.75, 3.05) is 6.54 Å². The first-order valence-electron chi connectivity index (χ1n) is 9.65. The molecule has 1 aliphatic heterocycles. The molecular weight excluding hydrogens is 374 g/mol. The fourth-order valence-corrected chi connectivity index (χ4v) is 3.62. The average Bonchev–Trinajstić information content (AvgIpc) is 3.08. The SMILES string of the molecule is Cc1cccc(C(=O)NC[C@@H]2CCn3ncc(C(=O)NC(C)C)c3C2)c1[N+](=O)[O-]. The molecule has 0 saturated carbocycles. The van der Waals surface area contributed by atoms with E-state index in [2.05, 4.69) is 15.7 Å². The molecule has 0 aliphatic carbocycles. The van der Waals surface area contributed by atoms with Crippen LogP contribution < -0.4 is 10.6 Å². The lowest BCUT2D eigenvalue weighted by Crippen LogP contribution is -2.35. The molecule has 1 aliphatic rings. The number of nitro groups is 1. The minimum atomic E-state index is -0.525. The molecule has 0 radical (unpaired) electrons. The number of para-hydroxylation sites is 1. The monoisotopic (exact) mass is 399 g/mol. The van der Waals surface area contributed by atoms with Gasteiger partial charge in [0.2, 0.25) is 0 Å². The third-order valence-electron chi connectivity index (χ3n) is 5.06. The zero-order valence-corrected chi connectivity index (χ0v) is 16.8. The third-order valence-corrected chi connectivity index (χ3v) is 5.06. The van der Waals surface area contributed by atoms with Gasteiger partial charge in [-0.3, -0.25) is 24.4 Å². The van der Waals surface area contributed by atoms with Crippen molar-refractivity contribution in [1.29, 1.82) is 0 Å². The highest BCUT2D eigenvalue weighted by Gasteiger charge is 2.27. The Morgan fingerprint density at radius 3 is 2.76 bits per heavy atom. The summed E-state index contributed by atoms with van der Waals surface area (Å²) < 4.78 is 1.83. The Hall–Kier alpha value is -3.23. The van der Waals surface area contributed by atoms with Crippen LogP contribution in [0, 0.1) is 23.0 Å². The molecule has 154 valence electrons. The number of nitro benzene ring substituents is 1. The second-order valence-electron chi connectivity index (χ2n) is 7.65. The van der Waals surface area contributed by atoms with E-state index < -0.39 is 10.8 Å². The average molecular weight is 399 g/mol. The number of aromatic nitrogens is 2. The number of carbonyl (C=O) groups excluding carboxylic acids is 2. The summed E-state index contributed by atoms with van der Waals surface area (Å²) in [5.74, 6) is -0.490. The number of fused-ring (bicyclic) bond motifs is 1. The Morgan fingerprint density at radius 1 is 1.31 bits per heavy atom. The summed E-state index contributed by atoms with van der Waals surface area (Å²) in [5, 5.41) is 21.3. The standard InChI is InChI=1S/C20H25N5O4/c1-12(2)23-20(27)16-11-22-24-8-7-14(9-17(16)24)10-21-19(26)15-6-4-5-13(3)18(15)25(28)29/h4-6,11-12,14H,7-10H2,1-3H3,(H,21,26)(H,23,27)/t14-/m1/s1. The number of hydrogen-bond donors (Lipinski definition) is 2. The van der Waals surface area contributed by atoms with Gasteiger partial charge in [-0.05, 0) is 45.6 Å². The van der Waals surface area contributed by atoms with Gasteiger partial charge in [0.15, 0.2) is 0 Å². The van der Waals surface area contributed by atoms with Gasteiger partial charge in [-0.2, -0.15) is 5.10 Å². The van der Waals surface area contributed by atoms with E-state index >= 15 is 0 Å². The molecule has 0 saturated heterocycles. The largest absolute Gasteiger partial charge is 0.352 e. The van der Waals surface area contributed by atoms with Gasteiger partial charge in [-0.25, -0.2) is 0 Å². The number of hydrogen-bond acceptors (Lipinski definition) is 5. The Labute approximate surface area is 168 Å². The maximum atomic E-state index is 12.6. The zero-order valence-electron chi connectivity index (χ0n) is 16.8. The van der Waals surface area contributed by atoms with Crippen LogP contribution in [-0.4, -0.2) is 39.1 Å². The number of rotatable bonds is 6. The summed E-state index contributed by atoms with van der Waals surface area (Å²) in [4.78, 5) is 35.7. The predicted octanol–water partition coefficient (Wildman–Crippen LogP) is 2.23. The van der Waals surface area contributed by atoms with E-state index in [0.29, 0.717) is 30.6 Å². The molecule has 2 amide bonds. The highest BCUT2D eigenvalue weighted by Crippen LogP contribution is 2.25. The molecule has 3 rings (SSSR count). The maximum absolute atomic E-state index is 12.6. The van der Waals surface area contributed by atoms with Crippen LogP contribution in [0.2, 0.25) is 0 Å². The van der Waals surface area contributed by atoms with Crippen LogP contribution in [-0.2, 0) is 13.0 Å². The molecule has 9 heteroatoms. The summed E-state index contributed by atoms with van der Waals surface area (Å²) in [6.07, 6.45) is 3.00. The molecular formula is C20H25N5O4. The van der Waals surface area contributed by atoms with E-state index in [4.69, 9.17) is 0 Å². The lowest BCUT2D eigenvalue weighted by atomic mass is 9.94. The first-order valence-corrected chi connectivity index (χ1v) is 9.65. The van der Waals surface area contributed by atoms with E-state index in [1.54, 1.807) is 25.3 Å². The van der Waals surface area contributed by atoms with Crippen molar-refractivity contribution in [2.24, 2.45) is 5.92 Å². The molecule has 1 aromatic carbocycles. The van der Waals surface area contributed by atoms with E-state index in [9.17, 15) is 19.7 Å². The molecule has 0 spiro atoms. The van der Waals surface area contributed by atoms with E-state index in [0.717, 1.165) is 12.1 Å². The highest BCUT2D eigenvalue weighted by atomic mass is 16.6. The van der Waals surface area contributed by atoms with Crippen LogP contribution in [0.25, 0.3) is 0 Å². The van der Waals surface area contributed by atoms with Gasteiger partial charge in [-0.15, -0.1) is 0 Å². The lowest BCUT2D eigenvalue weighted by molar-refractivity contribution is -0.385. The van der Waals surface area contributed by atoms with E-state index in [1.807, 2.05) is 18.5 Å². The number of amides is 2. The second kappa shape index (κ2) is 8.42. The van der Waals surface area contributed by atoms with Crippen molar-refractivity contribution in [3.8, 4) is 0 Å². The summed E-state index contributed by atoms with van der Waals surface area (Å²) in [5.41, 5.74) is 1.76. The number of nitrogens with one attached hydrogen (secondary N) is 2. The fourth-order valence-electron chi connectivity index (χ4n) is 3.62. The topological polar surface area (TPSA) is 119 Å². The Balaban J connectivity index is 1.68. The van der Waals surface area contributed by atoms with Crippen molar-refractivity contribution in [3.05, 3.63) is 56.9 Å². The van der Waals surface area contributed by atoms with E-state index in [1.165, 1.54) is 6.07 Å². The summed E-state index contributed by atoms with van der Waals surface area (Å²) >= 11 is 0. The molecule has 0 fully saturated rings. The van der Waals surface area contributed by atoms with Gasteiger partial charge in [0.1, 0.15) is 5.56 Å². The normalized spacial score (nSPS) is 15.7. The number of nitrogens with zero attached hydrogens (tertiary/aromatic N) is 3. The zero-order chi connectivity index (χ0) is 21.1. The van der Waals surface area contributed by atoms with Crippen molar-refractivity contribution in [1.82, 2.24) is 20.4 Å². The van der Waals surface area contributed by atoms with Crippen molar-refractivity contribution < 1.29 is 14.5 Å². The van der Waals surface area contributed by atoms with Crippen LogP contribution in [0.5, 0.6) is 0 Å². The summed E-state index contributed by atoms with van der Waals surface area (Å²) in [6.45, 7) is 6.45. The van der Waals surface area contributed by atoms with Crippen LogP contribution in [0.3, 0.4) is 0 Å². The van der Waals surface area contributed by atoms with Gasteiger partial charge in [0, 0.05) is 24.7 Å². The minimum absolute atomic E-state index is 0.0295. The van der Waals surface area contributed by atoms with E-state index in [-0.39, 0.29) is 29.1 Å². The van der Waals surface area contributed by atoms with Crippen LogP contribution in [0.4, 0.5) is 5.69 Å². The first kappa shape index (κ1) is 20.5. The molecule has 1 atom stereocenters. The number of aryl methyl sites for hydroxylation is 2.